The number of thioether (sulfide) groups is 1. The topological polar surface area (TPSA) is 81.8 Å². The summed E-state index contributed by atoms with van der Waals surface area (Å²) in [5.41, 5.74) is 1.01. The molecule has 4 aliphatic heterocycles. The first-order valence-electron chi connectivity index (χ1n) is 12.8. The van der Waals surface area contributed by atoms with Crippen molar-refractivity contribution >= 4 is 29.6 Å². The van der Waals surface area contributed by atoms with E-state index in [1.54, 1.807) is 0 Å². The Morgan fingerprint density at radius 2 is 1.77 bits per heavy atom. The molecule has 4 heterocycles. The van der Waals surface area contributed by atoms with E-state index in [-0.39, 0.29) is 35.3 Å². The van der Waals surface area contributed by atoms with Crippen molar-refractivity contribution < 1.29 is 14.4 Å². The number of nitrogens with zero attached hydrogens (tertiary/aromatic N) is 2. The number of likely N-dealkylation sites (tertiary alicyclic amines) is 2. The predicted molar refractivity (Wildman–Crippen MR) is 137 cm³/mol. The molecular formula is C27H34N4O3S. The zero-order chi connectivity index (χ0) is 24.3. The minimum absolute atomic E-state index is 0.0428. The summed E-state index contributed by atoms with van der Waals surface area (Å²) in [6.45, 7) is 3.10. The number of benzene rings is 1. The Morgan fingerprint density at radius 3 is 2.54 bits per heavy atom. The Bertz CT molecular complexity index is 1010. The van der Waals surface area contributed by atoms with Gasteiger partial charge in [0.2, 0.25) is 5.91 Å². The van der Waals surface area contributed by atoms with E-state index in [0.29, 0.717) is 11.7 Å². The van der Waals surface area contributed by atoms with Gasteiger partial charge in [-0.2, -0.15) is 11.8 Å². The molecule has 186 valence electrons. The standard InChI is InChI=1S/C27H34N4O3S/c32-23(9-5-4-8-22-25-21(18-35-22)28-26(34)29-25)31-17-14-27(19-31)12-15-30(16-13-27)24(33)11-10-20-6-2-1-3-7-20/h1-3,6-7,21-22,25H,4-5,8-9,12-19H2,(H2,28,29,34)/t21-,22-,25-/m0/s1. The molecule has 0 saturated carbocycles. The van der Waals surface area contributed by atoms with Gasteiger partial charge in [0.25, 0.3) is 5.91 Å². The number of nitrogens with one attached hydrogen (secondary N) is 2. The highest BCUT2D eigenvalue weighted by molar-refractivity contribution is 8.00. The van der Waals surface area contributed by atoms with E-state index in [0.717, 1.165) is 76.0 Å². The molecule has 0 unspecified atom stereocenters. The van der Waals surface area contributed by atoms with Crippen LogP contribution in [0.2, 0.25) is 0 Å². The van der Waals surface area contributed by atoms with Crippen LogP contribution in [0, 0.1) is 17.3 Å². The number of fused-ring (bicyclic) bond motifs is 1. The second-order valence-corrected chi connectivity index (χ2v) is 11.6. The third kappa shape index (κ3) is 5.61. The summed E-state index contributed by atoms with van der Waals surface area (Å²) in [5, 5.41) is 6.47. The third-order valence-electron chi connectivity index (χ3n) is 8.06. The molecule has 4 saturated heterocycles. The van der Waals surface area contributed by atoms with Gasteiger partial charge in [-0.1, -0.05) is 30.5 Å². The Labute approximate surface area is 211 Å². The van der Waals surface area contributed by atoms with E-state index in [1.165, 1.54) is 0 Å². The van der Waals surface area contributed by atoms with E-state index in [1.807, 2.05) is 51.9 Å². The van der Waals surface area contributed by atoms with E-state index in [2.05, 4.69) is 22.5 Å². The van der Waals surface area contributed by atoms with Crippen LogP contribution in [0.5, 0.6) is 0 Å². The molecule has 1 aromatic carbocycles. The fraction of sp³-hybridized carbons (Fsp3) is 0.593. The monoisotopic (exact) mass is 494 g/mol. The molecule has 8 heteroatoms. The lowest BCUT2D eigenvalue weighted by Crippen LogP contribution is -2.44. The van der Waals surface area contributed by atoms with E-state index < -0.39 is 0 Å². The zero-order valence-electron chi connectivity index (χ0n) is 20.1. The minimum atomic E-state index is -0.102. The Hall–Kier alpha value is -2.66. The average Bonchev–Trinajstić information content (AvgIpc) is 3.56. The number of hydrogen-bond donors (Lipinski definition) is 2. The van der Waals surface area contributed by atoms with Gasteiger partial charge < -0.3 is 20.4 Å². The molecule has 0 radical (unpaired) electrons. The molecule has 2 N–H and O–H groups in total. The molecule has 0 aliphatic carbocycles. The van der Waals surface area contributed by atoms with Gasteiger partial charge in [-0.05, 0) is 49.7 Å². The van der Waals surface area contributed by atoms with Crippen LogP contribution < -0.4 is 10.6 Å². The highest BCUT2D eigenvalue weighted by Crippen LogP contribution is 2.40. The Morgan fingerprint density at radius 1 is 1.03 bits per heavy atom. The highest BCUT2D eigenvalue weighted by atomic mass is 32.2. The van der Waals surface area contributed by atoms with E-state index in [9.17, 15) is 14.4 Å². The fourth-order valence-electron chi connectivity index (χ4n) is 5.89. The first-order valence-corrected chi connectivity index (χ1v) is 13.9. The van der Waals surface area contributed by atoms with Gasteiger partial charge in [0.15, 0.2) is 0 Å². The van der Waals surface area contributed by atoms with Crippen molar-refractivity contribution in [2.24, 2.45) is 5.41 Å². The molecule has 4 aliphatic rings. The van der Waals surface area contributed by atoms with E-state index in [4.69, 9.17) is 0 Å². The van der Waals surface area contributed by atoms with Crippen molar-refractivity contribution in [1.29, 1.82) is 0 Å². The summed E-state index contributed by atoms with van der Waals surface area (Å²) in [7, 11) is 0. The van der Waals surface area contributed by atoms with Gasteiger partial charge in [-0.3, -0.25) is 9.59 Å². The Balaban J connectivity index is 1.02. The van der Waals surface area contributed by atoms with Crippen LogP contribution >= 0.6 is 11.8 Å². The van der Waals surface area contributed by atoms with Crippen LogP contribution in [-0.4, -0.2) is 76.9 Å². The van der Waals surface area contributed by atoms with Crippen molar-refractivity contribution in [3.8, 4) is 11.8 Å². The lowest BCUT2D eigenvalue weighted by Gasteiger charge is -2.38. The van der Waals surface area contributed by atoms with Crippen LogP contribution in [0.3, 0.4) is 0 Å². The second-order valence-electron chi connectivity index (χ2n) is 10.3. The van der Waals surface area contributed by atoms with Crippen molar-refractivity contribution in [2.45, 2.75) is 62.3 Å². The SMILES string of the molecule is O=C1N[C@H]2[C@H](CS[C@H]2CCCCC(=O)N2CCC3(CCN(C(=O)C#Cc4ccccc4)CC3)C2)N1. The largest absolute Gasteiger partial charge is 0.342 e. The number of urea groups is 1. The number of amides is 4. The van der Waals surface area contributed by atoms with Crippen LogP contribution in [0.1, 0.15) is 50.5 Å². The lowest BCUT2D eigenvalue weighted by atomic mass is 9.78. The third-order valence-corrected chi connectivity index (χ3v) is 9.57. The van der Waals surface area contributed by atoms with Crippen LogP contribution in [0.15, 0.2) is 30.3 Å². The summed E-state index contributed by atoms with van der Waals surface area (Å²) in [6, 6.07) is 10.1. The molecule has 4 amide bonds. The number of carbonyl (C=O) groups is 3. The molecule has 7 nitrogen and oxygen atoms in total. The van der Waals surface area contributed by atoms with Gasteiger partial charge in [-0.25, -0.2) is 4.79 Å². The summed E-state index contributed by atoms with van der Waals surface area (Å²) in [4.78, 5) is 40.8. The maximum Gasteiger partial charge on any atom is 0.315 e. The van der Waals surface area contributed by atoms with Crippen LogP contribution in [-0.2, 0) is 9.59 Å². The van der Waals surface area contributed by atoms with Gasteiger partial charge in [-0.15, -0.1) is 0 Å². The summed E-state index contributed by atoms with van der Waals surface area (Å²) < 4.78 is 0. The molecule has 1 aromatic rings. The molecule has 1 spiro atoms. The van der Waals surface area contributed by atoms with E-state index >= 15 is 0 Å². The molecule has 35 heavy (non-hydrogen) atoms. The first-order chi connectivity index (χ1) is 17.0. The second kappa shape index (κ2) is 10.5. The molecule has 4 fully saturated rings. The lowest BCUT2D eigenvalue weighted by molar-refractivity contribution is -0.132. The van der Waals surface area contributed by atoms with Gasteiger partial charge >= 0.3 is 6.03 Å². The van der Waals surface area contributed by atoms with Gasteiger partial charge in [0.05, 0.1) is 12.1 Å². The quantitative estimate of drug-likeness (QED) is 0.375. The van der Waals surface area contributed by atoms with Crippen molar-refractivity contribution in [3.05, 3.63) is 35.9 Å². The molecule has 0 aromatic heterocycles. The molecule has 0 bridgehead atoms. The normalized spacial score (nSPS) is 26.6. The van der Waals surface area contributed by atoms with Crippen LogP contribution in [0.4, 0.5) is 4.79 Å². The summed E-state index contributed by atoms with van der Waals surface area (Å²) in [6.07, 6.45) is 6.48. The van der Waals surface area contributed by atoms with Gasteiger partial charge in [0, 0.05) is 55.1 Å². The number of carbonyl (C=O) groups excluding carboxylic acids is 3. The fourth-order valence-corrected chi connectivity index (χ4v) is 7.43. The number of piperidine rings is 1. The van der Waals surface area contributed by atoms with Crippen molar-refractivity contribution in [3.63, 3.8) is 0 Å². The maximum absolute atomic E-state index is 12.9. The summed E-state index contributed by atoms with van der Waals surface area (Å²) in [5.74, 6) is 6.89. The average molecular weight is 495 g/mol. The Kier molecular flexibility index (Phi) is 7.24. The summed E-state index contributed by atoms with van der Waals surface area (Å²) >= 11 is 1.93. The highest BCUT2D eigenvalue weighted by Gasteiger charge is 2.43. The number of rotatable bonds is 5. The smallest absolute Gasteiger partial charge is 0.315 e. The first kappa shape index (κ1) is 24.1. The molecule has 3 atom stereocenters. The molecule has 5 rings (SSSR count). The number of unbranched alkanes of at least 4 members (excludes halogenated alkanes) is 1. The minimum Gasteiger partial charge on any atom is -0.342 e. The zero-order valence-corrected chi connectivity index (χ0v) is 20.9. The maximum atomic E-state index is 12.9. The molecular weight excluding hydrogens is 460 g/mol. The van der Waals surface area contributed by atoms with Crippen LogP contribution in [0.25, 0.3) is 0 Å². The van der Waals surface area contributed by atoms with Gasteiger partial charge in [0.1, 0.15) is 0 Å². The van der Waals surface area contributed by atoms with Crippen molar-refractivity contribution in [1.82, 2.24) is 20.4 Å². The van der Waals surface area contributed by atoms with Crippen molar-refractivity contribution in [2.75, 3.05) is 31.9 Å². The predicted octanol–water partition coefficient (Wildman–Crippen LogP) is 2.61. The number of hydrogen-bond acceptors (Lipinski definition) is 4.